The van der Waals surface area contributed by atoms with Gasteiger partial charge in [0.25, 0.3) is 0 Å². The van der Waals surface area contributed by atoms with Gasteiger partial charge in [-0.05, 0) is 36.6 Å². The molecule has 4 nitrogen and oxygen atoms in total. The fourth-order valence-corrected chi connectivity index (χ4v) is 2.05. The lowest BCUT2D eigenvalue weighted by Gasteiger charge is -2.06. The van der Waals surface area contributed by atoms with Crippen molar-refractivity contribution in [2.75, 3.05) is 6.61 Å². The first-order valence-corrected chi connectivity index (χ1v) is 6.69. The average molecular weight is 312 g/mol. The quantitative estimate of drug-likeness (QED) is 0.879. The van der Waals surface area contributed by atoms with Crippen LogP contribution in [0.15, 0.2) is 24.5 Å². The number of nitrogens with zero attached hydrogens (tertiary/aromatic N) is 1. The van der Waals surface area contributed by atoms with Gasteiger partial charge in [0.2, 0.25) is 0 Å². The van der Waals surface area contributed by atoms with E-state index in [-0.39, 0.29) is 6.61 Å². The largest absolute Gasteiger partial charge is 0.461 e. The predicted octanol–water partition coefficient (Wildman–Crippen LogP) is 3.50. The van der Waals surface area contributed by atoms with Gasteiger partial charge in [-0.2, -0.15) is 13.2 Å². The normalized spacial score (nSPS) is 11.5. The summed E-state index contributed by atoms with van der Waals surface area (Å²) < 4.78 is 42.3. The van der Waals surface area contributed by atoms with Crippen molar-refractivity contribution in [3.63, 3.8) is 0 Å². The first-order chi connectivity index (χ1) is 10.3. The Bertz CT molecular complexity index is 660. The van der Waals surface area contributed by atoms with Crippen molar-refractivity contribution in [3.05, 3.63) is 52.6 Å². The minimum atomic E-state index is -4.44. The number of aromatic nitrogens is 2. The number of esters is 1. The van der Waals surface area contributed by atoms with Crippen LogP contribution in [0.2, 0.25) is 0 Å². The second-order valence-corrected chi connectivity index (χ2v) is 4.76. The zero-order valence-electron chi connectivity index (χ0n) is 12.1. The molecule has 0 bridgehead atoms. The molecular formula is C15H15F3N2O2. The van der Waals surface area contributed by atoms with E-state index in [1.165, 1.54) is 12.3 Å². The first-order valence-electron chi connectivity index (χ1n) is 6.69. The highest BCUT2D eigenvalue weighted by molar-refractivity contribution is 5.89. The molecule has 0 unspecified atom stereocenters. The van der Waals surface area contributed by atoms with E-state index in [2.05, 4.69) is 9.97 Å². The van der Waals surface area contributed by atoms with Gasteiger partial charge < -0.3 is 9.72 Å². The smallest absolute Gasteiger partial charge is 0.433 e. The summed E-state index contributed by atoms with van der Waals surface area (Å²) in [5.41, 5.74) is 1.60. The molecule has 0 aliphatic carbocycles. The van der Waals surface area contributed by atoms with Gasteiger partial charge in [0, 0.05) is 18.8 Å². The molecule has 0 saturated carbocycles. The second-order valence-electron chi connectivity index (χ2n) is 4.76. The summed E-state index contributed by atoms with van der Waals surface area (Å²) in [7, 11) is 0. The van der Waals surface area contributed by atoms with Crippen LogP contribution in [0, 0.1) is 6.92 Å². The van der Waals surface area contributed by atoms with Crippen molar-refractivity contribution in [1.29, 1.82) is 0 Å². The molecule has 2 heterocycles. The van der Waals surface area contributed by atoms with Crippen molar-refractivity contribution in [1.82, 2.24) is 9.97 Å². The van der Waals surface area contributed by atoms with E-state index in [1.54, 1.807) is 20.0 Å². The topological polar surface area (TPSA) is 55.0 Å². The highest BCUT2D eigenvalue weighted by Gasteiger charge is 2.32. The van der Waals surface area contributed by atoms with Crippen LogP contribution in [-0.4, -0.2) is 22.5 Å². The number of pyridine rings is 1. The third-order valence-corrected chi connectivity index (χ3v) is 3.24. The Morgan fingerprint density at radius 1 is 1.36 bits per heavy atom. The Kier molecular flexibility index (Phi) is 4.54. The van der Waals surface area contributed by atoms with Crippen LogP contribution in [0.5, 0.6) is 0 Å². The molecule has 0 aliphatic heterocycles. The van der Waals surface area contributed by atoms with Crippen molar-refractivity contribution >= 4 is 5.97 Å². The maximum atomic E-state index is 12.5. The maximum Gasteiger partial charge on any atom is 0.433 e. The molecule has 0 atom stereocenters. The van der Waals surface area contributed by atoms with E-state index in [0.29, 0.717) is 17.7 Å². The number of hydrogen-bond acceptors (Lipinski definition) is 3. The summed E-state index contributed by atoms with van der Waals surface area (Å²) >= 11 is 0. The van der Waals surface area contributed by atoms with Gasteiger partial charge in [0.1, 0.15) is 11.4 Å². The van der Waals surface area contributed by atoms with Gasteiger partial charge >= 0.3 is 12.1 Å². The van der Waals surface area contributed by atoms with Gasteiger partial charge in [-0.25, -0.2) is 4.79 Å². The summed E-state index contributed by atoms with van der Waals surface area (Å²) in [5.74, 6) is -0.447. The number of H-pyrrole nitrogens is 1. The van der Waals surface area contributed by atoms with Crippen molar-refractivity contribution in [2.45, 2.75) is 26.4 Å². The number of carbonyl (C=O) groups is 1. The molecule has 7 heteroatoms. The van der Waals surface area contributed by atoms with E-state index in [1.807, 2.05) is 0 Å². The van der Waals surface area contributed by atoms with Crippen LogP contribution >= 0.6 is 0 Å². The molecular weight excluding hydrogens is 297 g/mol. The number of ether oxygens (including phenoxy) is 1. The molecule has 1 N–H and O–H groups in total. The van der Waals surface area contributed by atoms with Crippen LogP contribution in [0.1, 0.15) is 39.8 Å². The minimum Gasteiger partial charge on any atom is -0.461 e. The fraction of sp³-hybridized carbons (Fsp3) is 0.333. The summed E-state index contributed by atoms with van der Waals surface area (Å²) in [5, 5.41) is 0. The Balaban J connectivity index is 2.16. The molecule has 22 heavy (non-hydrogen) atoms. The molecule has 0 fully saturated rings. The Morgan fingerprint density at radius 3 is 2.64 bits per heavy atom. The molecule has 2 aromatic rings. The lowest BCUT2D eigenvalue weighted by Crippen LogP contribution is -2.08. The molecule has 0 aromatic carbocycles. The number of hydrogen-bond donors (Lipinski definition) is 1. The van der Waals surface area contributed by atoms with E-state index < -0.39 is 17.8 Å². The van der Waals surface area contributed by atoms with Crippen LogP contribution in [-0.2, 0) is 17.3 Å². The highest BCUT2D eigenvalue weighted by Crippen LogP contribution is 2.27. The number of rotatable bonds is 4. The third-order valence-electron chi connectivity index (χ3n) is 3.24. The zero-order valence-corrected chi connectivity index (χ0v) is 12.1. The third kappa shape index (κ3) is 3.47. The minimum absolute atomic E-state index is 0.273. The molecule has 0 saturated heterocycles. The second kappa shape index (κ2) is 6.21. The first kappa shape index (κ1) is 16.1. The SMILES string of the molecule is CCOC(=O)c1[nH]cc(Cc2ccc(C(F)(F)F)nc2)c1C. The highest BCUT2D eigenvalue weighted by atomic mass is 19.4. The summed E-state index contributed by atoms with van der Waals surface area (Å²) in [6, 6.07) is 2.33. The Labute approximate surface area is 125 Å². The Morgan fingerprint density at radius 2 is 2.09 bits per heavy atom. The maximum absolute atomic E-state index is 12.5. The molecule has 0 spiro atoms. The van der Waals surface area contributed by atoms with Gasteiger partial charge in [0.15, 0.2) is 0 Å². The predicted molar refractivity (Wildman–Crippen MR) is 73.5 cm³/mol. The number of halogens is 3. The molecule has 0 radical (unpaired) electrons. The lowest BCUT2D eigenvalue weighted by molar-refractivity contribution is -0.141. The molecule has 0 amide bonds. The van der Waals surface area contributed by atoms with Crippen LogP contribution < -0.4 is 0 Å². The number of alkyl halides is 3. The van der Waals surface area contributed by atoms with Crippen LogP contribution in [0.4, 0.5) is 13.2 Å². The van der Waals surface area contributed by atoms with Crippen molar-refractivity contribution < 1.29 is 22.7 Å². The molecule has 118 valence electrons. The van der Waals surface area contributed by atoms with Crippen molar-refractivity contribution in [3.8, 4) is 0 Å². The molecule has 2 rings (SSSR count). The van der Waals surface area contributed by atoms with E-state index >= 15 is 0 Å². The average Bonchev–Trinajstić information content (AvgIpc) is 2.80. The number of nitrogens with one attached hydrogen (secondary N) is 1. The standard InChI is InChI=1S/C15H15F3N2O2/c1-3-22-14(21)13-9(2)11(8-20-13)6-10-4-5-12(19-7-10)15(16,17)18/h4-5,7-8,20H,3,6H2,1-2H3. The van der Waals surface area contributed by atoms with Gasteiger partial charge in [0.05, 0.1) is 6.61 Å². The number of aromatic amines is 1. The zero-order chi connectivity index (χ0) is 16.3. The summed E-state index contributed by atoms with van der Waals surface area (Å²) in [6.07, 6.45) is -1.22. The van der Waals surface area contributed by atoms with Crippen molar-refractivity contribution in [2.24, 2.45) is 0 Å². The number of carbonyl (C=O) groups excluding carboxylic acids is 1. The van der Waals surface area contributed by atoms with E-state index in [4.69, 9.17) is 4.74 Å². The van der Waals surface area contributed by atoms with Gasteiger partial charge in [-0.1, -0.05) is 6.07 Å². The van der Waals surface area contributed by atoms with Crippen LogP contribution in [0.25, 0.3) is 0 Å². The summed E-state index contributed by atoms with van der Waals surface area (Å²) in [6.45, 7) is 3.75. The lowest BCUT2D eigenvalue weighted by atomic mass is 10.0. The van der Waals surface area contributed by atoms with Gasteiger partial charge in [-0.15, -0.1) is 0 Å². The van der Waals surface area contributed by atoms with Gasteiger partial charge in [-0.3, -0.25) is 4.98 Å². The molecule has 2 aromatic heterocycles. The fourth-order valence-electron chi connectivity index (χ4n) is 2.05. The Hall–Kier alpha value is -2.31. The van der Waals surface area contributed by atoms with E-state index in [9.17, 15) is 18.0 Å². The van der Waals surface area contributed by atoms with Crippen LogP contribution in [0.3, 0.4) is 0 Å². The summed E-state index contributed by atoms with van der Waals surface area (Å²) in [4.78, 5) is 18.0. The molecule has 0 aliphatic rings. The van der Waals surface area contributed by atoms with E-state index in [0.717, 1.165) is 17.2 Å². The monoisotopic (exact) mass is 312 g/mol.